The van der Waals surface area contributed by atoms with Crippen molar-refractivity contribution in [1.82, 2.24) is 0 Å². The molecule has 0 aromatic heterocycles. The zero-order chi connectivity index (χ0) is 6.69. The number of alkyl halides is 1. The summed E-state index contributed by atoms with van der Waals surface area (Å²) in [4.78, 5) is 4.13. The topological polar surface area (TPSA) is 12.4 Å². The van der Waals surface area contributed by atoms with Crippen molar-refractivity contribution in [3.63, 3.8) is 0 Å². The van der Waals surface area contributed by atoms with E-state index in [1.165, 1.54) is 0 Å². The van der Waals surface area contributed by atoms with Gasteiger partial charge in [0.25, 0.3) is 0 Å². The van der Waals surface area contributed by atoms with E-state index in [4.69, 9.17) is 11.6 Å². The molecule has 1 aliphatic heterocycles. The lowest BCUT2D eigenvalue weighted by molar-refractivity contribution is 0.786. The van der Waals surface area contributed by atoms with Crippen LogP contribution in [0.3, 0.4) is 0 Å². The molecule has 0 aromatic rings. The monoisotopic (exact) mass is 143 g/mol. The normalized spacial score (nSPS) is 26.0. The van der Waals surface area contributed by atoms with Crippen molar-refractivity contribution in [3.05, 3.63) is 11.8 Å². The minimum atomic E-state index is 0.545. The molecular weight excluding hydrogens is 134 g/mol. The molecule has 0 fully saturated rings. The molecule has 50 valence electrons. The van der Waals surface area contributed by atoms with Crippen LogP contribution < -0.4 is 0 Å². The molecule has 2 heteroatoms. The van der Waals surface area contributed by atoms with Crippen molar-refractivity contribution in [3.8, 4) is 0 Å². The van der Waals surface area contributed by atoms with Crippen LogP contribution in [0.25, 0.3) is 0 Å². The average Bonchev–Trinajstić information content (AvgIpc) is 1.90. The summed E-state index contributed by atoms with van der Waals surface area (Å²) in [7, 11) is 0. The highest BCUT2D eigenvalue weighted by molar-refractivity contribution is 6.19. The molecule has 0 saturated heterocycles. The van der Waals surface area contributed by atoms with Gasteiger partial charge in [0.1, 0.15) is 0 Å². The first-order valence-corrected chi connectivity index (χ1v) is 3.65. The Kier molecular flexibility index (Phi) is 2.29. The summed E-state index contributed by atoms with van der Waals surface area (Å²) >= 11 is 5.55. The van der Waals surface area contributed by atoms with Gasteiger partial charge >= 0.3 is 0 Å². The standard InChI is InChI=1S/C7H10ClN/c1-6-2-3-7(4-8)9-5-6/h3,5-6H,2,4H2,1H3. The number of rotatable bonds is 1. The zero-order valence-corrected chi connectivity index (χ0v) is 6.23. The van der Waals surface area contributed by atoms with Crippen LogP contribution in [0.1, 0.15) is 13.3 Å². The van der Waals surface area contributed by atoms with Crippen molar-refractivity contribution in [2.24, 2.45) is 10.9 Å². The predicted molar refractivity (Wildman–Crippen MR) is 41.1 cm³/mol. The first-order chi connectivity index (χ1) is 4.33. The summed E-state index contributed by atoms with van der Waals surface area (Å²) in [6.45, 7) is 2.14. The first kappa shape index (κ1) is 6.81. The number of hydrogen-bond acceptors (Lipinski definition) is 1. The molecule has 1 aliphatic rings. The maximum atomic E-state index is 5.55. The summed E-state index contributed by atoms with van der Waals surface area (Å²) in [5.74, 6) is 1.14. The fraction of sp³-hybridized carbons (Fsp3) is 0.571. The number of allylic oxidation sites excluding steroid dienone is 2. The van der Waals surface area contributed by atoms with Crippen LogP contribution in [0.4, 0.5) is 0 Å². The second kappa shape index (κ2) is 3.02. The summed E-state index contributed by atoms with van der Waals surface area (Å²) in [5.41, 5.74) is 1.01. The summed E-state index contributed by atoms with van der Waals surface area (Å²) in [6, 6.07) is 0. The van der Waals surface area contributed by atoms with E-state index < -0.39 is 0 Å². The Morgan fingerprint density at radius 2 is 2.67 bits per heavy atom. The fourth-order valence-electron chi connectivity index (χ4n) is 0.748. The largest absolute Gasteiger partial charge is 0.264 e. The molecule has 0 N–H and O–H groups in total. The van der Waals surface area contributed by atoms with Gasteiger partial charge in [-0.25, -0.2) is 0 Å². The Morgan fingerprint density at radius 3 is 3.11 bits per heavy atom. The van der Waals surface area contributed by atoms with Crippen molar-refractivity contribution in [1.29, 1.82) is 0 Å². The molecular formula is C7H10ClN. The molecule has 1 atom stereocenters. The minimum absolute atomic E-state index is 0.545. The van der Waals surface area contributed by atoms with Gasteiger partial charge in [0.15, 0.2) is 0 Å². The highest BCUT2D eigenvalue weighted by atomic mass is 35.5. The van der Waals surface area contributed by atoms with E-state index in [1.54, 1.807) is 0 Å². The zero-order valence-electron chi connectivity index (χ0n) is 5.47. The highest BCUT2D eigenvalue weighted by Gasteiger charge is 2.02. The van der Waals surface area contributed by atoms with Crippen LogP contribution >= 0.6 is 11.6 Å². The van der Waals surface area contributed by atoms with Crippen LogP contribution in [0.15, 0.2) is 16.8 Å². The van der Waals surface area contributed by atoms with Crippen LogP contribution in [0, 0.1) is 5.92 Å². The van der Waals surface area contributed by atoms with E-state index in [-0.39, 0.29) is 0 Å². The Labute approximate surface area is 60.4 Å². The van der Waals surface area contributed by atoms with E-state index >= 15 is 0 Å². The molecule has 0 aromatic carbocycles. The van der Waals surface area contributed by atoms with Gasteiger partial charge in [0, 0.05) is 6.21 Å². The maximum absolute atomic E-state index is 5.55. The molecule has 1 nitrogen and oxygen atoms in total. The van der Waals surface area contributed by atoms with Gasteiger partial charge < -0.3 is 0 Å². The third kappa shape index (κ3) is 1.83. The lowest BCUT2D eigenvalue weighted by Gasteiger charge is -2.07. The number of hydrogen-bond donors (Lipinski definition) is 0. The molecule has 0 spiro atoms. The molecule has 9 heavy (non-hydrogen) atoms. The lowest BCUT2D eigenvalue weighted by atomic mass is 10.1. The van der Waals surface area contributed by atoms with Crippen LogP contribution in [-0.2, 0) is 0 Å². The van der Waals surface area contributed by atoms with E-state index in [9.17, 15) is 0 Å². The Hall–Kier alpha value is -0.300. The van der Waals surface area contributed by atoms with E-state index in [1.807, 2.05) is 6.21 Å². The molecule has 1 rings (SSSR count). The molecule has 0 aliphatic carbocycles. The van der Waals surface area contributed by atoms with Gasteiger partial charge in [-0.1, -0.05) is 13.0 Å². The van der Waals surface area contributed by atoms with Crippen molar-refractivity contribution >= 4 is 17.8 Å². The number of aliphatic imine (C=N–C) groups is 1. The average molecular weight is 144 g/mol. The molecule has 1 unspecified atom stereocenters. The van der Waals surface area contributed by atoms with Crippen molar-refractivity contribution in [2.45, 2.75) is 13.3 Å². The molecule has 0 saturated carbocycles. The van der Waals surface area contributed by atoms with Gasteiger partial charge in [-0.3, -0.25) is 4.99 Å². The highest BCUT2D eigenvalue weighted by Crippen LogP contribution is 2.11. The quantitative estimate of drug-likeness (QED) is 0.499. The number of halogens is 1. The van der Waals surface area contributed by atoms with Gasteiger partial charge in [0.2, 0.25) is 0 Å². The number of nitrogens with zero attached hydrogens (tertiary/aromatic N) is 1. The maximum Gasteiger partial charge on any atom is 0.0643 e. The summed E-state index contributed by atoms with van der Waals surface area (Å²) in [5, 5.41) is 0. The Morgan fingerprint density at radius 1 is 1.89 bits per heavy atom. The van der Waals surface area contributed by atoms with E-state index in [0.717, 1.165) is 12.1 Å². The van der Waals surface area contributed by atoms with Gasteiger partial charge in [-0.2, -0.15) is 0 Å². The van der Waals surface area contributed by atoms with Crippen LogP contribution in [0.2, 0.25) is 0 Å². The third-order valence-corrected chi connectivity index (χ3v) is 1.63. The minimum Gasteiger partial charge on any atom is -0.264 e. The van der Waals surface area contributed by atoms with Crippen LogP contribution in [0.5, 0.6) is 0 Å². The van der Waals surface area contributed by atoms with Crippen LogP contribution in [-0.4, -0.2) is 12.1 Å². The van der Waals surface area contributed by atoms with Crippen molar-refractivity contribution < 1.29 is 0 Å². The van der Waals surface area contributed by atoms with Gasteiger partial charge in [-0.15, -0.1) is 11.6 Å². The fourth-order valence-corrected chi connectivity index (χ4v) is 0.926. The Balaban J connectivity index is 2.52. The first-order valence-electron chi connectivity index (χ1n) is 3.12. The second-order valence-corrected chi connectivity index (χ2v) is 2.59. The van der Waals surface area contributed by atoms with E-state index in [0.29, 0.717) is 11.8 Å². The smallest absolute Gasteiger partial charge is 0.0643 e. The molecule has 1 heterocycles. The lowest BCUT2D eigenvalue weighted by Crippen LogP contribution is -2.00. The molecule has 0 radical (unpaired) electrons. The SMILES string of the molecule is CC1C=NC(CCl)=CC1. The molecule has 0 bridgehead atoms. The van der Waals surface area contributed by atoms with Gasteiger partial charge in [-0.05, 0) is 12.3 Å². The second-order valence-electron chi connectivity index (χ2n) is 2.32. The third-order valence-electron chi connectivity index (χ3n) is 1.36. The van der Waals surface area contributed by atoms with Gasteiger partial charge in [0.05, 0.1) is 11.6 Å². The molecule has 0 amide bonds. The predicted octanol–water partition coefficient (Wildman–Crippen LogP) is 2.22. The summed E-state index contributed by atoms with van der Waals surface area (Å²) < 4.78 is 0. The Bertz CT molecular complexity index is 149. The van der Waals surface area contributed by atoms with Crippen molar-refractivity contribution in [2.75, 3.05) is 5.88 Å². The summed E-state index contributed by atoms with van der Waals surface area (Å²) in [6.07, 6.45) is 5.14. The van der Waals surface area contributed by atoms with E-state index in [2.05, 4.69) is 18.0 Å².